The van der Waals surface area contributed by atoms with Crippen molar-refractivity contribution in [3.8, 4) is 0 Å². The third-order valence-electron chi connectivity index (χ3n) is 2.84. The molecule has 0 unspecified atom stereocenters. The first-order valence-corrected chi connectivity index (χ1v) is 7.87. The molecule has 6 nitrogen and oxygen atoms in total. The molecule has 7 heteroatoms. The highest BCUT2D eigenvalue weighted by atomic mass is 32.2. The zero-order valence-corrected chi connectivity index (χ0v) is 12.1. The van der Waals surface area contributed by atoms with Crippen molar-refractivity contribution >= 4 is 10.0 Å². The van der Waals surface area contributed by atoms with E-state index in [0.29, 0.717) is 11.4 Å². The largest absolute Gasteiger partial charge is 0.347 e. The normalized spacial score (nSPS) is 11.7. The van der Waals surface area contributed by atoms with E-state index in [4.69, 9.17) is 0 Å². The summed E-state index contributed by atoms with van der Waals surface area (Å²) in [5.41, 5.74) is 1.48. The summed E-state index contributed by atoms with van der Waals surface area (Å²) >= 11 is 0. The molecule has 1 heterocycles. The first-order valence-electron chi connectivity index (χ1n) is 6.39. The summed E-state index contributed by atoms with van der Waals surface area (Å²) in [6, 6.07) is 6.98. The van der Waals surface area contributed by atoms with Crippen LogP contribution in [-0.2, 0) is 23.1 Å². The Kier molecular flexibility index (Phi) is 4.89. The van der Waals surface area contributed by atoms with Gasteiger partial charge in [-0.05, 0) is 18.2 Å². The van der Waals surface area contributed by atoms with Gasteiger partial charge in [-0.2, -0.15) is 0 Å². The molecule has 0 saturated heterocycles. The molecule has 0 fully saturated rings. The lowest BCUT2D eigenvalue weighted by Gasteiger charge is -2.11. The van der Waals surface area contributed by atoms with Crippen molar-refractivity contribution in [2.75, 3.05) is 6.54 Å². The summed E-state index contributed by atoms with van der Waals surface area (Å²) in [5, 5.41) is 3.14. The van der Waals surface area contributed by atoms with Crippen LogP contribution in [0.15, 0.2) is 41.7 Å². The quantitative estimate of drug-likeness (QED) is 0.711. The molecule has 0 spiro atoms. The van der Waals surface area contributed by atoms with E-state index in [-0.39, 0.29) is 6.54 Å². The molecule has 0 aliphatic heterocycles. The molecule has 0 radical (unpaired) electrons. The fraction of sp³-hybridized carbons (Fsp3) is 0.308. The Hall–Kier alpha value is -1.70. The minimum absolute atomic E-state index is 0.192. The number of nitrogens with one attached hydrogen (secondary N) is 3. The molecular formula is C13H18N4O2S. The van der Waals surface area contributed by atoms with Crippen LogP contribution in [0.4, 0.5) is 0 Å². The van der Waals surface area contributed by atoms with Crippen LogP contribution in [0.3, 0.4) is 0 Å². The summed E-state index contributed by atoms with van der Waals surface area (Å²) in [6.45, 7) is 3.49. The van der Waals surface area contributed by atoms with Crippen molar-refractivity contribution in [2.24, 2.45) is 0 Å². The van der Waals surface area contributed by atoms with Crippen molar-refractivity contribution in [2.45, 2.75) is 24.9 Å². The maximum absolute atomic E-state index is 12.3. The maximum Gasteiger partial charge on any atom is 0.241 e. The van der Waals surface area contributed by atoms with Gasteiger partial charge in [-0.1, -0.05) is 25.1 Å². The third kappa shape index (κ3) is 3.66. The van der Waals surface area contributed by atoms with Crippen LogP contribution in [-0.4, -0.2) is 24.9 Å². The predicted molar refractivity (Wildman–Crippen MR) is 76.4 cm³/mol. The average molecular weight is 294 g/mol. The predicted octanol–water partition coefficient (Wildman–Crippen LogP) is 0.998. The molecule has 0 atom stereocenters. The number of imidazole rings is 1. The van der Waals surface area contributed by atoms with Gasteiger partial charge in [0.15, 0.2) is 0 Å². The second-order valence-electron chi connectivity index (χ2n) is 4.29. The number of aromatic amines is 1. The zero-order chi connectivity index (χ0) is 14.4. The number of aromatic nitrogens is 2. The van der Waals surface area contributed by atoms with E-state index in [9.17, 15) is 8.42 Å². The standard InChI is InChI=1S/C13H18N4O2S/c1-2-14-7-11-5-3-4-6-13(11)20(18,19)17-9-12-8-15-10-16-12/h3-6,8,10,14,17H,2,7,9H2,1H3,(H,15,16). The number of rotatable bonds is 7. The summed E-state index contributed by atoms with van der Waals surface area (Å²) in [6.07, 6.45) is 3.11. The van der Waals surface area contributed by atoms with Crippen LogP contribution < -0.4 is 10.0 Å². The maximum atomic E-state index is 12.3. The van der Waals surface area contributed by atoms with Crippen LogP contribution >= 0.6 is 0 Å². The van der Waals surface area contributed by atoms with Gasteiger partial charge in [0, 0.05) is 18.4 Å². The van der Waals surface area contributed by atoms with Crippen molar-refractivity contribution in [1.29, 1.82) is 0 Å². The topological polar surface area (TPSA) is 86.9 Å². The molecule has 1 aromatic carbocycles. The lowest BCUT2D eigenvalue weighted by atomic mass is 10.2. The molecule has 0 amide bonds. The highest BCUT2D eigenvalue weighted by molar-refractivity contribution is 7.89. The van der Waals surface area contributed by atoms with Crippen LogP contribution in [0.2, 0.25) is 0 Å². The first-order chi connectivity index (χ1) is 9.63. The molecule has 1 aromatic heterocycles. The van der Waals surface area contributed by atoms with Gasteiger partial charge in [-0.3, -0.25) is 0 Å². The van der Waals surface area contributed by atoms with Gasteiger partial charge in [0.05, 0.1) is 17.8 Å². The van der Waals surface area contributed by atoms with Crippen LogP contribution in [0, 0.1) is 0 Å². The molecule has 20 heavy (non-hydrogen) atoms. The second-order valence-corrected chi connectivity index (χ2v) is 6.02. The highest BCUT2D eigenvalue weighted by Gasteiger charge is 2.17. The summed E-state index contributed by atoms with van der Waals surface area (Å²) in [7, 11) is -3.54. The number of benzene rings is 1. The van der Waals surface area contributed by atoms with Crippen molar-refractivity contribution in [1.82, 2.24) is 20.0 Å². The van der Waals surface area contributed by atoms with Crippen molar-refractivity contribution < 1.29 is 8.42 Å². The van der Waals surface area contributed by atoms with Gasteiger partial charge in [-0.25, -0.2) is 18.1 Å². The Morgan fingerprint density at radius 2 is 2.05 bits per heavy atom. The number of hydrogen-bond acceptors (Lipinski definition) is 4. The summed E-state index contributed by atoms with van der Waals surface area (Å²) in [4.78, 5) is 7.02. The smallest absolute Gasteiger partial charge is 0.241 e. The minimum atomic E-state index is -3.54. The molecule has 2 rings (SSSR count). The fourth-order valence-electron chi connectivity index (χ4n) is 1.80. The molecule has 3 N–H and O–H groups in total. The van der Waals surface area contributed by atoms with Crippen molar-refractivity contribution in [3.05, 3.63) is 48.0 Å². The lowest BCUT2D eigenvalue weighted by Crippen LogP contribution is -2.25. The van der Waals surface area contributed by atoms with Crippen molar-refractivity contribution in [3.63, 3.8) is 0 Å². The third-order valence-corrected chi connectivity index (χ3v) is 4.34. The molecule has 0 aliphatic carbocycles. The molecule has 0 saturated carbocycles. The molecule has 108 valence electrons. The summed E-state index contributed by atoms with van der Waals surface area (Å²) in [5.74, 6) is 0. The van der Waals surface area contributed by atoms with Gasteiger partial charge in [-0.15, -0.1) is 0 Å². The van der Waals surface area contributed by atoms with Gasteiger partial charge in [0.25, 0.3) is 0 Å². The van der Waals surface area contributed by atoms with Gasteiger partial charge >= 0.3 is 0 Å². The van der Waals surface area contributed by atoms with E-state index in [1.54, 1.807) is 18.3 Å². The molecule has 0 bridgehead atoms. The zero-order valence-electron chi connectivity index (χ0n) is 11.3. The van der Waals surface area contributed by atoms with Gasteiger partial charge < -0.3 is 10.3 Å². The fourth-order valence-corrected chi connectivity index (χ4v) is 3.05. The van der Waals surface area contributed by atoms with E-state index in [2.05, 4.69) is 20.0 Å². The average Bonchev–Trinajstić information content (AvgIpc) is 2.97. The Morgan fingerprint density at radius 3 is 2.75 bits per heavy atom. The van der Waals surface area contributed by atoms with E-state index in [0.717, 1.165) is 17.8 Å². The second kappa shape index (κ2) is 6.65. The Balaban J connectivity index is 2.16. The molecule has 0 aliphatic rings. The van der Waals surface area contributed by atoms with Crippen LogP contribution in [0.25, 0.3) is 0 Å². The Labute approximate surface area is 118 Å². The van der Waals surface area contributed by atoms with Crippen LogP contribution in [0.5, 0.6) is 0 Å². The lowest BCUT2D eigenvalue weighted by molar-refractivity contribution is 0.578. The Morgan fingerprint density at radius 1 is 1.25 bits per heavy atom. The molecular weight excluding hydrogens is 276 g/mol. The number of sulfonamides is 1. The van der Waals surface area contributed by atoms with E-state index in [1.165, 1.54) is 6.33 Å². The first kappa shape index (κ1) is 14.7. The van der Waals surface area contributed by atoms with Gasteiger partial charge in [0.1, 0.15) is 0 Å². The van der Waals surface area contributed by atoms with E-state index in [1.807, 2.05) is 19.1 Å². The minimum Gasteiger partial charge on any atom is -0.347 e. The number of nitrogens with zero attached hydrogens (tertiary/aromatic N) is 1. The Bertz CT molecular complexity index is 638. The number of H-pyrrole nitrogens is 1. The summed E-state index contributed by atoms with van der Waals surface area (Å²) < 4.78 is 27.2. The molecule has 2 aromatic rings. The van der Waals surface area contributed by atoms with E-state index >= 15 is 0 Å². The number of hydrogen-bond donors (Lipinski definition) is 3. The SMILES string of the molecule is CCNCc1ccccc1S(=O)(=O)NCc1cnc[nH]1. The van der Waals surface area contributed by atoms with Gasteiger partial charge in [0.2, 0.25) is 10.0 Å². The van der Waals surface area contributed by atoms with E-state index < -0.39 is 10.0 Å². The highest BCUT2D eigenvalue weighted by Crippen LogP contribution is 2.15. The monoisotopic (exact) mass is 294 g/mol. The van der Waals surface area contributed by atoms with Crippen LogP contribution in [0.1, 0.15) is 18.2 Å².